The van der Waals surface area contributed by atoms with Crippen LogP contribution in [0.4, 0.5) is 18.9 Å². The van der Waals surface area contributed by atoms with Gasteiger partial charge in [-0.05, 0) is 25.0 Å². The number of hydrogen-bond acceptors (Lipinski definition) is 2. The highest BCUT2D eigenvalue weighted by Crippen LogP contribution is 2.41. The van der Waals surface area contributed by atoms with Gasteiger partial charge < -0.3 is 10.0 Å². The molecule has 0 aliphatic carbocycles. The molecule has 1 aliphatic heterocycles. The van der Waals surface area contributed by atoms with Crippen molar-refractivity contribution in [1.82, 2.24) is 0 Å². The quantitative estimate of drug-likeness (QED) is 0.838. The lowest BCUT2D eigenvalue weighted by atomic mass is 10.1. The third kappa shape index (κ3) is 2.44. The first-order valence-electron chi connectivity index (χ1n) is 5.24. The Morgan fingerprint density at radius 3 is 2.29 bits per heavy atom. The molecule has 2 nitrogen and oxygen atoms in total. The van der Waals surface area contributed by atoms with E-state index in [0.29, 0.717) is 13.1 Å². The summed E-state index contributed by atoms with van der Waals surface area (Å²) in [6, 6.07) is 1.70. The van der Waals surface area contributed by atoms with Crippen LogP contribution in [-0.4, -0.2) is 18.2 Å². The number of benzene rings is 1. The Morgan fingerprint density at radius 2 is 1.76 bits per heavy atom. The molecule has 2 rings (SSSR count). The molecule has 0 unspecified atom stereocenters. The number of phenolic OH excluding ortho intramolecular Hbond substituents is 1. The summed E-state index contributed by atoms with van der Waals surface area (Å²) in [6.07, 6.45) is -2.63. The smallest absolute Gasteiger partial charge is 0.416 e. The van der Waals surface area contributed by atoms with E-state index in [0.717, 1.165) is 25.0 Å². The predicted molar refractivity (Wildman–Crippen MR) is 59.6 cm³/mol. The molecule has 0 radical (unpaired) electrons. The molecule has 1 aromatic carbocycles. The number of alkyl halides is 3. The zero-order valence-electron chi connectivity index (χ0n) is 8.89. The Bertz CT molecular complexity index is 427. The molecule has 0 saturated carbocycles. The fraction of sp³-hybridized carbons (Fsp3) is 0.455. The second kappa shape index (κ2) is 4.29. The molecule has 1 heterocycles. The van der Waals surface area contributed by atoms with Crippen molar-refractivity contribution in [2.75, 3.05) is 18.0 Å². The van der Waals surface area contributed by atoms with Gasteiger partial charge in [0.2, 0.25) is 0 Å². The van der Waals surface area contributed by atoms with Gasteiger partial charge >= 0.3 is 6.18 Å². The number of phenols is 1. The second-order valence-electron chi connectivity index (χ2n) is 4.02. The number of anilines is 1. The fourth-order valence-corrected chi connectivity index (χ4v) is 2.16. The van der Waals surface area contributed by atoms with E-state index in [4.69, 9.17) is 11.6 Å². The van der Waals surface area contributed by atoms with Crippen molar-refractivity contribution in [2.24, 2.45) is 0 Å². The monoisotopic (exact) mass is 265 g/mol. The summed E-state index contributed by atoms with van der Waals surface area (Å²) in [6.45, 7) is 1.29. The van der Waals surface area contributed by atoms with E-state index in [1.807, 2.05) is 0 Å². The Balaban J connectivity index is 2.46. The van der Waals surface area contributed by atoms with Gasteiger partial charge in [0.15, 0.2) is 5.75 Å². The molecule has 1 aliphatic rings. The van der Waals surface area contributed by atoms with Crippen LogP contribution < -0.4 is 4.90 Å². The Hall–Kier alpha value is -1.10. The number of aromatic hydroxyl groups is 1. The highest BCUT2D eigenvalue weighted by molar-refractivity contribution is 6.32. The average Bonchev–Trinajstić information content (AvgIpc) is 2.73. The first-order chi connectivity index (χ1) is 7.89. The predicted octanol–water partition coefficient (Wildman–Crippen LogP) is 3.66. The normalized spacial score (nSPS) is 16.6. The van der Waals surface area contributed by atoms with Gasteiger partial charge in [0.05, 0.1) is 16.3 Å². The highest BCUT2D eigenvalue weighted by atomic mass is 35.5. The minimum atomic E-state index is -4.45. The maximum absolute atomic E-state index is 12.6. The van der Waals surface area contributed by atoms with Crippen molar-refractivity contribution >= 4 is 17.3 Å². The zero-order valence-corrected chi connectivity index (χ0v) is 9.65. The van der Waals surface area contributed by atoms with Crippen LogP contribution in [0.5, 0.6) is 5.75 Å². The molecule has 94 valence electrons. The first-order valence-corrected chi connectivity index (χ1v) is 5.62. The number of nitrogens with zero attached hydrogens (tertiary/aromatic N) is 1. The van der Waals surface area contributed by atoms with Crippen LogP contribution in [0.2, 0.25) is 5.02 Å². The van der Waals surface area contributed by atoms with Gasteiger partial charge in [0.1, 0.15) is 0 Å². The molecule has 0 atom stereocenters. The average molecular weight is 266 g/mol. The van der Waals surface area contributed by atoms with Crippen molar-refractivity contribution in [3.63, 3.8) is 0 Å². The van der Waals surface area contributed by atoms with Gasteiger partial charge in [0, 0.05) is 13.1 Å². The van der Waals surface area contributed by atoms with E-state index in [1.165, 1.54) is 0 Å². The van der Waals surface area contributed by atoms with Crippen molar-refractivity contribution in [3.8, 4) is 5.75 Å². The standard InChI is InChI=1S/C11H11ClF3NO/c12-8-5-7(11(13,14)15)6-9(10(8)17)16-3-1-2-4-16/h5-6,17H,1-4H2. The maximum atomic E-state index is 12.6. The summed E-state index contributed by atoms with van der Waals surface area (Å²) in [7, 11) is 0. The summed E-state index contributed by atoms with van der Waals surface area (Å²) < 4.78 is 37.8. The van der Waals surface area contributed by atoms with E-state index in [1.54, 1.807) is 4.90 Å². The number of hydrogen-bond donors (Lipinski definition) is 1. The van der Waals surface area contributed by atoms with Gasteiger partial charge in [-0.1, -0.05) is 11.6 Å². The van der Waals surface area contributed by atoms with Crippen LogP contribution in [0.25, 0.3) is 0 Å². The summed E-state index contributed by atoms with van der Waals surface area (Å²) in [5.41, 5.74) is -0.662. The van der Waals surface area contributed by atoms with Gasteiger partial charge in [-0.3, -0.25) is 0 Å². The molecule has 0 amide bonds. The van der Waals surface area contributed by atoms with Gasteiger partial charge in [-0.25, -0.2) is 0 Å². The first kappa shape index (κ1) is 12.4. The summed E-state index contributed by atoms with van der Waals surface area (Å²) in [5.74, 6) is -0.276. The molecule has 0 spiro atoms. The maximum Gasteiger partial charge on any atom is 0.416 e. The minimum absolute atomic E-state index is 0.169. The largest absolute Gasteiger partial charge is 0.504 e. The summed E-state index contributed by atoms with van der Waals surface area (Å²) in [4.78, 5) is 1.72. The second-order valence-corrected chi connectivity index (χ2v) is 4.42. The van der Waals surface area contributed by atoms with Gasteiger partial charge in [-0.15, -0.1) is 0 Å². The van der Waals surface area contributed by atoms with Crippen LogP contribution in [-0.2, 0) is 6.18 Å². The molecule has 0 bridgehead atoms. The van der Waals surface area contributed by atoms with Crippen LogP contribution in [0, 0.1) is 0 Å². The van der Waals surface area contributed by atoms with E-state index in [9.17, 15) is 18.3 Å². The molecule has 17 heavy (non-hydrogen) atoms. The molecular formula is C11H11ClF3NO. The van der Waals surface area contributed by atoms with Crippen LogP contribution >= 0.6 is 11.6 Å². The molecule has 1 aromatic rings. The SMILES string of the molecule is Oc1c(Cl)cc(C(F)(F)F)cc1N1CCCC1. The van der Waals surface area contributed by atoms with Crippen molar-refractivity contribution < 1.29 is 18.3 Å². The van der Waals surface area contributed by atoms with Crippen LogP contribution in [0.3, 0.4) is 0 Å². The van der Waals surface area contributed by atoms with E-state index < -0.39 is 11.7 Å². The minimum Gasteiger partial charge on any atom is -0.504 e. The van der Waals surface area contributed by atoms with E-state index >= 15 is 0 Å². The third-order valence-corrected chi connectivity index (χ3v) is 3.11. The molecule has 1 N–H and O–H groups in total. The van der Waals surface area contributed by atoms with Crippen LogP contribution in [0.15, 0.2) is 12.1 Å². The number of halogens is 4. The third-order valence-electron chi connectivity index (χ3n) is 2.82. The molecular weight excluding hydrogens is 255 g/mol. The molecule has 1 saturated heterocycles. The highest BCUT2D eigenvalue weighted by Gasteiger charge is 2.33. The Labute approximate surface area is 102 Å². The van der Waals surface area contributed by atoms with Gasteiger partial charge in [0.25, 0.3) is 0 Å². The summed E-state index contributed by atoms with van der Waals surface area (Å²) in [5, 5.41) is 9.44. The van der Waals surface area contributed by atoms with Crippen molar-refractivity contribution in [2.45, 2.75) is 19.0 Å². The topological polar surface area (TPSA) is 23.5 Å². The Morgan fingerprint density at radius 1 is 1.18 bits per heavy atom. The molecule has 0 aromatic heterocycles. The summed E-state index contributed by atoms with van der Waals surface area (Å²) >= 11 is 5.63. The van der Waals surface area contributed by atoms with Gasteiger partial charge in [-0.2, -0.15) is 13.2 Å². The zero-order chi connectivity index (χ0) is 12.6. The Kier molecular flexibility index (Phi) is 3.12. The molecule has 6 heteroatoms. The lowest BCUT2D eigenvalue weighted by Crippen LogP contribution is -2.18. The number of rotatable bonds is 1. The van der Waals surface area contributed by atoms with Crippen molar-refractivity contribution in [1.29, 1.82) is 0 Å². The lowest BCUT2D eigenvalue weighted by Gasteiger charge is -2.21. The van der Waals surface area contributed by atoms with Crippen molar-refractivity contribution in [3.05, 3.63) is 22.7 Å². The van der Waals surface area contributed by atoms with E-state index in [2.05, 4.69) is 0 Å². The lowest BCUT2D eigenvalue weighted by molar-refractivity contribution is -0.137. The fourth-order valence-electron chi connectivity index (χ4n) is 1.95. The molecule has 1 fully saturated rings. The van der Waals surface area contributed by atoms with E-state index in [-0.39, 0.29) is 16.5 Å². The van der Waals surface area contributed by atoms with Crippen LogP contribution in [0.1, 0.15) is 18.4 Å².